The van der Waals surface area contributed by atoms with Gasteiger partial charge in [0.2, 0.25) is 0 Å². The number of hydrogen-bond donors (Lipinski definition) is 1. The molecule has 0 radical (unpaired) electrons. The molecule has 0 atom stereocenters. The van der Waals surface area contributed by atoms with Crippen molar-refractivity contribution < 1.29 is 23.8 Å². The molecule has 3 rings (SSSR count). The number of esters is 1. The maximum absolute atomic E-state index is 12.5. The fourth-order valence-electron chi connectivity index (χ4n) is 2.44. The van der Waals surface area contributed by atoms with Crippen molar-refractivity contribution in [3.8, 4) is 22.8 Å². The predicted octanol–water partition coefficient (Wildman–Crippen LogP) is 2.96. The van der Waals surface area contributed by atoms with Gasteiger partial charge in [0.15, 0.2) is 5.43 Å². The Bertz CT molecular complexity index is 969. The molecule has 0 bridgehead atoms. The van der Waals surface area contributed by atoms with Crippen molar-refractivity contribution >= 4 is 16.9 Å². The second kappa shape index (κ2) is 6.08. The summed E-state index contributed by atoms with van der Waals surface area (Å²) >= 11 is 0. The molecular formula is C18H14O6. The van der Waals surface area contributed by atoms with Crippen LogP contribution in [0.1, 0.15) is 10.4 Å². The van der Waals surface area contributed by atoms with Gasteiger partial charge in [0.1, 0.15) is 22.8 Å². The third-order valence-corrected chi connectivity index (χ3v) is 3.60. The number of phenols is 1. The molecule has 6 heteroatoms. The molecule has 0 unspecified atom stereocenters. The van der Waals surface area contributed by atoms with Crippen LogP contribution < -0.4 is 10.2 Å². The Balaban J connectivity index is 2.23. The van der Waals surface area contributed by atoms with Crippen molar-refractivity contribution in [3.63, 3.8) is 0 Å². The first-order chi connectivity index (χ1) is 11.5. The number of hydrogen-bond acceptors (Lipinski definition) is 6. The third kappa shape index (κ3) is 2.69. The van der Waals surface area contributed by atoms with Gasteiger partial charge in [-0.1, -0.05) is 0 Å². The van der Waals surface area contributed by atoms with Crippen LogP contribution in [0, 0.1) is 0 Å². The van der Waals surface area contributed by atoms with Crippen molar-refractivity contribution in [1.29, 1.82) is 0 Å². The summed E-state index contributed by atoms with van der Waals surface area (Å²) in [4.78, 5) is 24.3. The first-order valence-electron chi connectivity index (χ1n) is 7.07. The quantitative estimate of drug-likeness (QED) is 0.745. The Kier molecular flexibility index (Phi) is 3.95. The van der Waals surface area contributed by atoms with Crippen LogP contribution in [0.5, 0.6) is 11.5 Å². The van der Waals surface area contributed by atoms with Gasteiger partial charge in [-0.15, -0.1) is 0 Å². The van der Waals surface area contributed by atoms with Crippen LogP contribution in [-0.2, 0) is 4.74 Å². The van der Waals surface area contributed by atoms with Gasteiger partial charge in [-0.05, 0) is 30.3 Å². The molecule has 0 fully saturated rings. The molecule has 1 heterocycles. The Morgan fingerprint density at radius 3 is 2.42 bits per heavy atom. The van der Waals surface area contributed by atoms with E-state index < -0.39 is 11.4 Å². The van der Waals surface area contributed by atoms with E-state index >= 15 is 0 Å². The normalized spacial score (nSPS) is 10.6. The average molecular weight is 326 g/mol. The first-order valence-corrected chi connectivity index (χ1v) is 7.07. The highest BCUT2D eigenvalue weighted by Crippen LogP contribution is 2.28. The van der Waals surface area contributed by atoms with E-state index in [0.29, 0.717) is 17.1 Å². The molecule has 0 saturated heterocycles. The van der Waals surface area contributed by atoms with Crippen LogP contribution in [0.25, 0.3) is 22.3 Å². The van der Waals surface area contributed by atoms with Crippen molar-refractivity contribution in [3.05, 3.63) is 58.3 Å². The zero-order chi connectivity index (χ0) is 17.3. The van der Waals surface area contributed by atoms with Gasteiger partial charge < -0.3 is 19.0 Å². The summed E-state index contributed by atoms with van der Waals surface area (Å²) in [7, 11) is 2.76. The molecule has 3 aromatic rings. The number of fused-ring (bicyclic) bond motifs is 1. The number of rotatable bonds is 3. The van der Waals surface area contributed by atoms with Crippen molar-refractivity contribution in [2.75, 3.05) is 14.2 Å². The number of methoxy groups -OCH3 is 2. The molecular weight excluding hydrogens is 312 g/mol. The second-order valence-electron chi connectivity index (χ2n) is 5.06. The summed E-state index contributed by atoms with van der Waals surface area (Å²) in [5.74, 6) is 0.0717. The highest BCUT2D eigenvalue weighted by atomic mass is 16.5. The topological polar surface area (TPSA) is 86.0 Å². The van der Waals surface area contributed by atoms with Crippen molar-refractivity contribution in [2.24, 2.45) is 0 Å². The van der Waals surface area contributed by atoms with E-state index in [2.05, 4.69) is 4.74 Å². The maximum Gasteiger partial charge on any atom is 0.338 e. The maximum atomic E-state index is 12.5. The third-order valence-electron chi connectivity index (χ3n) is 3.60. The van der Waals surface area contributed by atoms with Gasteiger partial charge in [-0.3, -0.25) is 4.79 Å². The highest BCUT2D eigenvalue weighted by molar-refractivity contribution is 6.03. The van der Waals surface area contributed by atoms with Gasteiger partial charge in [-0.25, -0.2) is 4.79 Å². The zero-order valence-electron chi connectivity index (χ0n) is 13.0. The Morgan fingerprint density at radius 2 is 1.79 bits per heavy atom. The molecule has 6 nitrogen and oxygen atoms in total. The highest BCUT2D eigenvalue weighted by Gasteiger charge is 2.18. The molecule has 0 aliphatic rings. The minimum atomic E-state index is -0.722. The molecule has 2 aromatic carbocycles. The predicted molar refractivity (Wildman–Crippen MR) is 87.5 cm³/mol. The van der Waals surface area contributed by atoms with E-state index in [1.807, 2.05) is 0 Å². The lowest BCUT2D eigenvalue weighted by Gasteiger charge is -2.08. The number of phenolic OH excluding ortho intramolecular Hbond substituents is 1. The molecule has 1 N–H and O–H groups in total. The lowest BCUT2D eigenvalue weighted by molar-refractivity contribution is 0.0602. The largest absolute Gasteiger partial charge is 0.508 e. The molecule has 1 aromatic heterocycles. The SMILES string of the molecule is COC(=O)c1cc(O)cc2oc(-c3ccc(OC)cc3)cc(=O)c12. The minimum absolute atomic E-state index is 0.0393. The fraction of sp³-hybridized carbons (Fsp3) is 0.111. The van der Waals surface area contributed by atoms with E-state index in [0.717, 1.165) is 0 Å². The number of aromatic hydroxyl groups is 1. The monoisotopic (exact) mass is 326 g/mol. The Labute approximate surface area is 136 Å². The van der Waals surface area contributed by atoms with E-state index in [1.54, 1.807) is 31.4 Å². The van der Waals surface area contributed by atoms with E-state index in [-0.39, 0.29) is 22.3 Å². The molecule has 24 heavy (non-hydrogen) atoms. The van der Waals surface area contributed by atoms with Crippen LogP contribution in [0.3, 0.4) is 0 Å². The second-order valence-corrected chi connectivity index (χ2v) is 5.06. The van der Waals surface area contributed by atoms with Crippen molar-refractivity contribution in [2.45, 2.75) is 0 Å². The summed E-state index contributed by atoms with van der Waals surface area (Å²) in [6.45, 7) is 0. The van der Waals surface area contributed by atoms with Crippen LogP contribution in [0.4, 0.5) is 0 Å². The van der Waals surface area contributed by atoms with Crippen LogP contribution in [-0.4, -0.2) is 25.3 Å². The lowest BCUT2D eigenvalue weighted by atomic mass is 10.1. The number of carbonyl (C=O) groups is 1. The molecule has 0 aliphatic heterocycles. The van der Waals surface area contributed by atoms with Crippen LogP contribution in [0.2, 0.25) is 0 Å². The van der Waals surface area contributed by atoms with Gasteiger partial charge >= 0.3 is 5.97 Å². The van der Waals surface area contributed by atoms with Crippen molar-refractivity contribution in [1.82, 2.24) is 0 Å². The smallest absolute Gasteiger partial charge is 0.338 e. The summed E-state index contributed by atoms with van der Waals surface area (Å²) in [6.07, 6.45) is 0. The molecule has 0 amide bonds. The fourth-order valence-corrected chi connectivity index (χ4v) is 2.44. The Morgan fingerprint density at radius 1 is 1.08 bits per heavy atom. The Hall–Kier alpha value is -3.28. The van der Waals surface area contributed by atoms with E-state index in [9.17, 15) is 14.7 Å². The summed E-state index contributed by atoms with van der Waals surface area (Å²) in [6, 6.07) is 10.7. The van der Waals surface area contributed by atoms with Gasteiger partial charge in [0.25, 0.3) is 0 Å². The molecule has 0 saturated carbocycles. The van der Waals surface area contributed by atoms with Crippen LogP contribution >= 0.6 is 0 Å². The van der Waals surface area contributed by atoms with E-state index in [4.69, 9.17) is 9.15 Å². The van der Waals surface area contributed by atoms with E-state index in [1.165, 1.54) is 25.3 Å². The van der Waals surface area contributed by atoms with Crippen LogP contribution in [0.15, 0.2) is 51.7 Å². The van der Waals surface area contributed by atoms with Gasteiger partial charge in [0.05, 0.1) is 25.2 Å². The number of benzene rings is 2. The summed E-state index contributed by atoms with van der Waals surface area (Å²) < 4.78 is 15.5. The standard InChI is InChI=1S/C18H14O6/c1-22-12-5-3-10(4-6-12)15-9-14(20)17-13(18(21)23-2)7-11(19)8-16(17)24-15/h3-9,19H,1-2H3. The molecule has 122 valence electrons. The average Bonchev–Trinajstić information content (AvgIpc) is 2.59. The summed E-state index contributed by atoms with van der Waals surface area (Å²) in [5.41, 5.74) is 0.330. The zero-order valence-corrected chi connectivity index (χ0v) is 13.0. The summed E-state index contributed by atoms with van der Waals surface area (Å²) in [5, 5.41) is 9.86. The first kappa shape index (κ1) is 15.6. The molecule has 0 aliphatic carbocycles. The molecule has 0 spiro atoms. The van der Waals surface area contributed by atoms with Gasteiger partial charge in [-0.2, -0.15) is 0 Å². The number of ether oxygens (including phenoxy) is 2. The number of carbonyl (C=O) groups excluding carboxylic acids is 1. The van der Waals surface area contributed by atoms with Gasteiger partial charge in [0, 0.05) is 17.7 Å². The lowest BCUT2D eigenvalue weighted by Crippen LogP contribution is -2.09. The minimum Gasteiger partial charge on any atom is -0.508 e.